The Balaban J connectivity index is 1.96. The van der Waals surface area contributed by atoms with E-state index in [2.05, 4.69) is 47.3 Å². The summed E-state index contributed by atoms with van der Waals surface area (Å²) >= 11 is 0. The van der Waals surface area contributed by atoms with Gasteiger partial charge in [0.2, 0.25) is 0 Å². The molecule has 1 saturated carbocycles. The molecule has 0 bridgehead atoms. The molecular weight excluding hydrogens is 196 g/mol. The maximum absolute atomic E-state index is 3.59. The predicted octanol–water partition coefficient (Wildman–Crippen LogP) is 2.91. The Kier molecular flexibility index (Phi) is 2.44. The highest BCUT2D eigenvalue weighted by molar-refractivity contribution is 5.83. The molecule has 0 atom stereocenters. The van der Waals surface area contributed by atoms with Crippen LogP contribution in [0, 0.1) is 0 Å². The van der Waals surface area contributed by atoms with E-state index in [4.69, 9.17) is 0 Å². The van der Waals surface area contributed by atoms with Crippen LogP contribution in [0.4, 0.5) is 0 Å². The molecule has 2 heteroatoms. The standard InChI is InChI=1S/C14H18N2/c1-2-16-9-8-11-4-3-5-12(14(11)16)10-15-13-6-7-13/h3-5,8-9,13,15H,2,6-7,10H2,1H3. The van der Waals surface area contributed by atoms with Gasteiger partial charge in [0.1, 0.15) is 0 Å². The van der Waals surface area contributed by atoms with Gasteiger partial charge in [-0.05, 0) is 36.8 Å². The Labute approximate surface area is 96.3 Å². The minimum absolute atomic E-state index is 0.778. The van der Waals surface area contributed by atoms with E-state index in [1.165, 1.54) is 29.3 Å². The molecule has 0 spiro atoms. The normalized spacial score (nSPS) is 15.8. The molecule has 0 aliphatic heterocycles. The van der Waals surface area contributed by atoms with Crippen LogP contribution in [0.1, 0.15) is 25.3 Å². The molecule has 1 aromatic heterocycles. The third-order valence-electron chi connectivity index (χ3n) is 3.37. The largest absolute Gasteiger partial charge is 0.347 e. The van der Waals surface area contributed by atoms with Crippen molar-refractivity contribution in [2.45, 2.75) is 38.9 Å². The molecular formula is C14H18N2. The van der Waals surface area contributed by atoms with Crippen LogP contribution >= 0.6 is 0 Å². The molecule has 0 saturated heterocycles. The average molecular weight is 214 g/mol. The maximum Gasteiger partial charge on any atom is 0.0525 e. The molecule has 0 radical (unpaired) electrons. The van der Waals surface area contributed by atoms with Crippen LogP contribution in [-0.2, 0) is 13.1 Å². The first-order valence-corrected chi connectivity index (χ1v) is 6.18. The zero-order chi connectivity index (χ0) is 11.0. The number of nitrogens with zero attached hydrogens (tertiary/aromatic N) is 1. The topological polar surface area (TPSA) is 17.0 Å². The van der Waals surface area contributed by atoms with Crippen molar-refractivity contribution < 1.29 is 0 Å². The highest BCUT2D eigenvalue weighted by Gasteiger charge is 2.20. The summed E-state index contributed by atoms with van der Waals surface area (Å²) in [4.78, 5) is 0. The number of aromatic nitrogens is 1. The lowest BCUT2D eigenvalue weighted by Crippen LogP contribution is -2.16. The lowest BCUT2D eigenvalue weighted by molar-refractivity contribution is 0.685. The minimum atomic E-state index is 0.778. The molecule has 1 aromatic carbocycles. The van der Waals surface area contributed by atoms with Gasteiger partial charge in [0.15, 0.2) is 0 Å². The summed E-state index contributed by atoms with van der Waals surface area (Å²) in [6, 6.07) is 9.58. The Morgan fingerprint density at radius 3 is 2.94 bits per heavy atom. The van der Waals surface area contributed by atoms with Gasteiger partial charge in [-0.3, -0.25) is 0 Å². The average Bonchev–Trinajstić information content (AvgIpc) is 3.04. The van der Waals surface area contributed by atoms with Gasteiger partial charge in [0, 0.05) is 25.3 Å². The predicted molar refractivity (Wildman–Crippen MR) is 67.5 cm³/mol. The maximum atomic E-state index is 3.59. The van der Waals surface area contributed by atoms with Crippen molar-refractivity contribution in [1.82, 2.24) is 9.88 Å². The fourth-order valence-electron chi connectivity index (χ4n) is 2.29. The smallest absolute Gasteiger partial charge is 0.0525 e. The van der Waals surface area contributed by atoms with Gasteiger partial charge in [-0.15, -0.1) is 0 Å². The molecule has 2 nitrogen and oxygen atoms in total. The summed E-state index contributed by atoms with van der Waals surface area (Å²) < 4.78 is 2.33. The number of hydrogen-bond donors (Lipinski definition) is 1. The van der Waals surface area contributed by atoms with Crippen LogP contribution in [0.15, 0.2) is 30.5 Å². The van der Waals surface area contributed by atoms with E-state index in [0.717, 1.165) is 19.1 Å². The fraction of sp³-hybridized carbons (Fsp3) is 0.429. The summed E-state index contributed by atoms with van der Waals surface area (Å²) in [5.74, 6) is 0. The fourth-order valence-corrected chi connectivity index (χ4v) is 2.29. The molecule has 16 heavy (non-hydrogen) atoms. The van der Waals surface area contributed by atoms with E-state index >= 15 is 0 Å². The van der Waals surface area contributed by atoms with Crippen LogP contribution in [-0.4, -0.2) is 10.6 Å². The quantitative estimate of drug-likeness (QED) is 0.828. The molecule has 1 fully saturated rings. The zero-order valence-electron chi connectivity index (χ0n) is 9.74. The number of fused-ring (bicyclic) bond motifs is 1. The SMILES string of the molecule is CCn1ccc2cccc(CNC3CC3)c21. The molecule has 0 amide bonds. The van der Waals surface area contributed by atoms with Crippen molar-refractivity contribution in [3.05, 3.63) is 36.0 Å². The van der Waals surface area contributed by atoms with Gasteiger partial charge in [-0.2, -0.15) is 0 Å². The van der Waals surface area contributed by atoms with E-state index in [9.17, 15) is 0 Å². The molecule has 1 heterocycles. The Bertz CT molecular complexity index is 494. The van der Waals surface area contributed by atoms with Crippen LogP contribution in [0.2, 0.25) is 0 Å². The molecule has 1 aliphatic carbocycles. The van der Waals surface area contributed by atoms with Crippen molar-refractivity contribution in [3.63, 3.8) is 0 Å². The number of hydrogen-bond acceptors (Lipinski definition) is 1. The van der Waals surface area contributed by atoms with Gasteiger partial charge in [0.25, 0.3) is 0 Å². The number of benzene rings is 1. The van der Waals surface area contributed by atoms with E-state index < -0.39 is 0 Å². The second kappa shape index (κ2) is 3.95. The molecule has 0 unspecified atom stereocenters. The van der Waals surface area contributed by atoms with Crippen LogP contribution < -0.4 is 5.32 Å². The highest BCUT2D eigenvalue weighted by Crippen LogP contribution is 2.23. The Hall–Kier alpha value is -1.28. The lowest BCUT2D eigenvalue weighted by Gasteiger charge is -2.08. The van der Waals surface area contributed by atoms with Gasteiger partial charge in [-0.1, -0.05) is 18.2 Å². The van der Waals surface area contributed by atoms with E-state index in [0.29, 0.717) is 0 Å². The summed E-state index contributed by atoms with van der Waals surface area (Å²) in [5, 5.41) is 4.95. The third kappa shape index (κ3) is 1.74. The Morgan fingerprint density at radius 1 is 1.31 bits per heavy atom. The summed E-state index contributed by atoms with van der Waals surface area (Å²) in [7, 11) is 0. The van der Waals surface area contributed by atoms with Crippen molar-refractivity contribution in [3.8, 4) is 0 Å². The molecule has 84 valence electrons. The van der Waals surface area contributed by atoms with Crippen molar-refractivity contribution >= 4 is 10.9 Å². The first kappa shape index (κ1) is 9.91. The number of para-hydroxylation sites is 1. The molecule has 2 aromatic rings. The van der Waals surface area contributed by atoms with E-state index in [1.54, 1.807) is 0 Å². The molecule has 3 rings (SSSR count). The van der Waals surface area contributed by atoms with Gasteiger partial charge < -0.3 is 9.88 Å². The van der Waals surface area contributed by atoms with Crippen molar-refractivity contribution in [2.24, 2.45) is 0 Å². The molecule has 1 N–H and O–H groups in total. The molecule has 1 aliphatic rings. The van der Waals surface area contributed by atoms with Gasteiger partial charge in [0.05, 0.1) is 5.52 Å². The third-order valence-corrected chi connectivity index (χ3v) is 3.37. The highest BCUT2D eigenvalue weighted by atomic mass is 15.0. The zero-order valence-corrected chi connectivity index (χ0v) is 9.74. The van der Waals surface area contributed by atoms with Crippen LogP contribution in [0.25, 0.3) is 10.9 Å². The van der Waals surface area contributed by atoms with Crippen LogP contribution in [0.3, 0.4) is 0 Å². The Morgan fingerprint density at radius 2 is 2.19 bits per heavy atom. The van der Waals surface area contributed by atoms with Gasteiger partial charge >= 0.3 is 0 Å². The number of nitrogens with one attached hydrogen (secondary N) is 1. The van der Waals surface area contributed by atoms with Crippen molar-refractivity contribution in [2.75, 3.05) is 0 Å². The van der Waals surface area contributed by atoms with E-state index in [1.807, 2.05) is 0 Å². The van der Waals surface area contributed by atoms with Crippen molar-refractivity contribution in [1.29, 1.82) is 0 Å². The monoisotopic (exact) mass is 214 g/mol. The number of rotatable bonds is 4. The minimum Gasteiger partial charge on any atom is -0.347 e. The summed E-state index contributed by atoms with van der Waals surface area (Å²) in [6.45, 7) is 4.25. The summed E-state index contributed by atoms with van der Waals surface area (Å²) in [6.07, 6.45) is 4.89. The van der Waals surface area contributed by atoms with E-state index in [-0.39, 0.29) is 0 Å². The van der Waals surface area contributed by atoms with Gasteiger partial charge in [-0.25, -0.2) is 0 Å². The first-order valence-electron chi connectivity index (χ1n) is 6.18. The second-order valence-corrected chi connectivity index (χ2v) is 4.61. The number of aryl methyl sites for hydroxylation is 1. The lowest BCUT2D eigenvalue weighted by atomic mass is 10.1. The summed E-state index contributed by atoms with van der Waals surface area (Å²) in [5.41, 5.74) is 2.83. The first-order chi connectivity index (χ1) is 7.88. The van der Waals surface area contributed by atoms with Crippen LogP contribution in [0.5, 0.6) is 0 Å². The second-order valence-electron chi connectivity index (χ2n) is 4.61.